The Hall–Kier alpha value is -0.910. The van der Waals surface area contributed by atoms with Crippen molar-refractivity contribution in [2.45, 2.75) is 63.9 Å². The summed E-state index contributed by atoms with van der Waals surface area (Å²) in [5.74, 6) is 0.458. The topological polar surface area (TPSA) is 72.2 Å². The first-order valence-electron chi connectivity index (χ1n) is 7.67. The van der Waals surface area contributed by atoms with Gasteiger partial charge in [-0.3, -0.25) is 0 Å². The van der Waals surface area contributed by atoms with Crippen molar-refractivity contribution >= 4 is 10.0 Å². The lowest BCUT2D eigenvalue weighted by Crippen LogP contribution is -2.37. The molecule has 1 unspecified atom stereocenters. The molecule has 1 fully saturated rings. The van der Waals surface area contributed by atoms with Crippen LogP contribution in [0.5, 0.6) is 0 Å². The Morgan fingerprint density at radius 2 is 1.86 bits per heavy atom. The van der Waals surface area contributed by atoms with Crippen molar-refractivity contribution in [2.75, 3.05) is 0 Å². The SMILES string of the molecule is Cc1cc(C)c(S(=O)(=O)NC(C)C2CCCC2)cc1CN. The Kier molecular flexibility index (Phi) is 5.07. The number of nitrogens with one attached hydrogen (secondary N) is 1. The molecule has 0 aromatic heterocycles. The number of benzene rings is 1. The van der Waals surface area contributed by atoms with Crippen LogP contribution in [0, 0.1) is 19.8 Å². The minimum Gasteiger partial charge on any atom is -0.326 e. The van der Waals surface area contributed by atoms with E-state index >= 15 is 0 Å². The van der Waals surface area contributed by atoms with Gasteiger partial charge in [0.05, 0.1) is 4.90 Å². The monoisotopic (exact) mass is 310 g/mol. The van der Waals surface area contributed by atoms with E-state index in [2.05, 4.69) is 4.72 Å². The molecule has 0 radical (unpaired) electrons. The standard InChI is InChI=1S/C16H26N2O2S/c1-11-8-12(2)16(9-15(11)10-17)21(19,20)18-13(3)14-6-4-5-7-14/h8-9,13-14,18H,4-7,10,17H2,1-3H3. The molecule has 1 aromatic carbocycles. The molecule has 3 N–H and O–H groups in total. The Labute approximate surface area is 128 Å². The minimum atomic E-state index is -3.48. The quantitative estimate of drug-likeness (QED) is 0.878. The van der Waals surface area contributed by atoms with Crippen molar-refractivity contribution in [2.24, 2.45) is 11.7 Å². The van der Waals surface area contributed by atoms with Crippen molar-refractivity contribution in [3.05, 3.63) is 28.8 Å². The summed E-state index contributed by atoms with van der Waals surface area (Å²) in [7, 11) is -3.48. The largest absolute Gasteiger partial charge is 0.326 e. The lowest BCUT2D eigenvalue weighted by Gasteiger charge is -2.21. The fraction of sp³-hybridized carbons (Fsp3) is 0.625. The van der Waals surface area contributed by atoms with E-state index in [0.717, 1.165) is 29.5 Å². The molecule has 0 heterocycles. The molecule has 5 heteroatoms. The van der Waals surface area contributed by atoms with Crippen LogP contribution >= 0.6 is 0 Å². The van der Waals surface area contributed by atoms with Crippen molar-refractivity contribution in [3.63, 3.8) is 0 Å². The molecule has 0 amide bonds. The summed E-state index contributed by atoms with van der Waals surface area (Å²) in [6.45, 7) is 6.12. The predicted octanol–water partition coefficient (Wildman–Crippen LogP) is 2.62. The van der Waals surface area contributed by atoms with Crippen LogP contribution in [0.4, 0.5) is 0 Å². The van der Waals surface area contributed by atoms with E-state index < -0.39 is 10.0 Å². The number of nitrogens with two attached hydrogens (primary N) is 1. The maximum Gasteiger partial charge on any atom is 0.241 e. The fourth-order valence-corrected chi connectivity index (χ4v) is 4.83. The third-order valence-corrected chi connectivity index (χ3v) is 6.29. The van der Waals surface area contributed by atoms with E-state index in [-0.39, 0.29) is 6.04 Å². The van der Waals surface area contributed by atoms with Crippen molar-refractivity contribution in [1.29, 1.82) is 0 Å². The van der Waals surface area contributed by atoms with Gasteiger partial charge < -0.3 is 5.73 Å². The zero-order chi connectivity index (χ0) is 15.6. The van der Waals surface area contributed by atoms with Gasteiger partial charge in [0.15, 0.2) is 0 Å². The number of hydrogen-bond acceptors (Lipinski definition) is 3. The molecule has 1 aliphatic carbocycles. The normalized spacial score (nSPS) is 18.1. The number of rotatable bonds is 5. The van der Waals surface area contributed by atoms with E-state index in [0.29, 0.717) is 17.4 Å². The highest BCUT2D eigenvalue weighted by molar-refractivity contribution is 7.89. The van der Waals surface area contributed by atoms with Crippen LogP contribution in [-0.4, -0.2) is 14.5 Å². The highest BCUT2D eigenvalue weighted by atomic mass is 32.2. The van der Waals surface area contributed by atoms with E-state index in [4.69, 9.17) is 5.73 Å². The van der Waals surface area contributed by atoms with Crippen LogP contribution in [0.25, 0.3) is 0 Å². The average molecular weight is 310 g/mol. The highest BCUT2D eigenvalue weighted by Crippen LogP contribution is 2.29. The van der Waals surface area contributed by atoms with Crippen molar-refractivity contribution in [1.82, 2.24) is 4.72 Å². The van der Waals surface area contributed by atoms with E-state index in [1.807, 2.05) is 26.8 Å². The van der Waals surface area contributed by atoms with Crippen LogP contribution in [-0.2, 0) is 16.6 Å². The zero-order valence-corrected chi connectivity index (χ0v) is 14.0. The second kappa shape index (κ2) is 6.46. The van der Waals surface area contributed by atoms with Gasteiger partial charge in [-0.25, -0.2) is 13.1 Å². The molecule has 1 atom stereocenters. The zero-order valence-electron chi connectivity index (χ0n) is 13.1. The van der Waals surface area contributed by atoms with Crippen LogP contribution in [0.1, 0.15) is 49.3 Å². The third kappa shape index (κ3) is 3.65. The summed E-state index contributed by atoms with van der Waals surface area (Å²) in [5, 5.41) is 0. The molecule has 0 saturated heterocycles. The molecular weight excluding hydrogens is 284 g/mol. The smallest absolute Gasteiger partial charge is 0.241 e. The van der Waals surface area contributed by atoms with Crippen LogP contribution in [0.3, 0.4) is 0 Å². The van der Waals surface area contributed by atoms with E-state index in [9.17, 15) is 8.42 Å². The Morgan fingerprint density at radius 3 is 2.43 bits per heavy atom. The minimum absolute atomic E-state index is 0.0143. The second-order valence-electron chi connectivity index (χ2n) is 6.20. The average Bonchev–Trinajstić information content (AvgIpc) is 2.91. The molecule has 0 bridgehead atoms. The van der Waals surface area contributed by atoms with Gasteiger partial charge in [0.2, 0.25) is 10.0 Å². The molecule has 2 rings (SSSR count). The lowest BCUT2D eigenvalue weighted by molar-refractivity contribution is 0.424. The Balaban J connectivity index is 2.26. The van der Waals surface area contributed by atoms with Gasteiger partial charge >= 0.3 is 0 Å². The van der Waals surface area contributed by atoms with Gasteiger partial charge in [-0.15, -0.1) is 0 Å². The maximum absolute atomic E-state index is 12.6. The first-order chi connectivity index (χ1) is 9.85. The first-order valence-corrected chi connectivity index (χ1v) is 9.16. The van der Waals surface area contributed by atoms with Gasteiger partial charge in [-0.1, -0.05) is 18.9 Å². The van der Waals surface area contributed by atoms with E-state index in [1.165, 1.54) is 12.8 Å². The van der Waals surface area contributed by atoms with Gasteiger partial charge in [-0.05, 0) is 62.3 Å². The number of hydrogen-bond donors (Lipinski definition) is 2. The van der Waals surface area contributed by atoms with Crippen molar-refractivity contribution < 1.29 is 8.42 Å². The summed E-state index contributed by atoms with van der Waals surface area (Å²) in [6.07, 6.45) is 4.64. The Morgan fingerprint density at radius 1 is 1.24 bits per heavy atom. The molecule has 1 saturated carbocycles. The highest BCUT2D eigenvalue weighted by Gasteiger charge is 2.27. The molecule has 0 aliphatic heterocycles. The third-order valence-electron chi connectivity index (χ3n) is 4.59. The summed E-state index contributed by atoms with van der Waals surface area (Å²) in [5.41, 5.74) is 8.40. The summed E-state index contributed by atoms with van der Waals surface area (Å²) in [4.78, 5) is 0.360. The van der Waals surface area contributed by atoms with Crippen molar-refractivity contribution in [3.8, 4) is 0 Å². The fourth-order valence-electron chi connectivity index (χ4n) is 3.25. The molecule has 1 aliphatic rings. The summed E-state index contributed by atoms with van der Waals surface area (Å²) < 4.78 is 28.2. The number of aryl methyl sites for hydroxylation is 2. The maximum atomic E-state index is 12.6. The molecular formula is C16H26N2O2S. The van der Waals surface area contributed by atoms with Crippen LogP contribution in [0.2, 0.25) is 0 Å². The molecule has 1 aromatic rings. The summed E-state index contributed by atoms with van der Waals surface area (Å²) >= 11 is 0. The molecule has 21 heavy (non-hydrogen) atoms. The molecule has 118 valence electrons. The summed E-state index contributed by atoms with van der Waals surface area (Å²) in [6, 6.07) is 3.60. The van der Waals surface area contributed by atoms with Gasteiger partial charge in [0.25, 0.3) is 0 Å². The lowest BCUT2D eigenvalue weighted by atomic mass is 10.0. The van der Waals surface area contributed by atoms with Crippen LogP contribution in [0.15, 0.2) is 17.0 Å². The Bertz CT molecular complexity index is 605. The second-order valence-corrected chi connectivity index (χ2v) is 7.89. The molecule has 4 nitrogen and oxygen atoms in total. The predicted molar refractivity (Wildman–Crippen MR) is 85.5 cm³/mol. The van der Waals surface area contributed by atoms with Gasteiger partial charge in [0.1, 0.15) is 0 Å². The van der Waals surface area contributed by atoms with Gasteiger partial charge in [0, 0.05) is 12.6 Å². The van der Waals surface area contributed by atoms with Gasteiger partial charge in [-0.2, -0.15) is 0 Å². The number of sulfonamides is 1. The van der Waals surface area contributed by atoms with E-state index in [1.54, 1.807) is 6.07 Å². The van der Waals surface area contributed by atoms with Crippen LogP contribution < -0.4 is 10.5 Å². The first kappa shape index (κ1) is 16.5. The molecule has 0 spiro atoms.